The van der Waals surface area contributed by atoms with Crippen LogP contribution in [0.3, 0.4) is 0 Å². The quantitative estimate of drug-likeness (QED) is 0.108. The number of carbonyl (C=O) groups excluding carboxylic acids is 5. The Morgan fingerprint density at radius 3 is 2.32 bits per heavy atom. The second-order valence-corrected chi connectivity index (χ2v) is 16.0. The molecule has 1 aliphatic carbocycles. The molecule has 4 heterocycles. The van der Waals surface area contributed by atoms with Crippen molar-refractivity contribution in [3.8, 4) is 0 Å². The van der Waals surface area contributed by atoms with Crippen molar-refractivity contribution in [2.45, 2.75) is 63.2 Å². The van der Waals surface area contributed by atoms with Crippen LogP contribution in [-0.4, -0.2) is 140 Å². The summed E-state index contributed by atoms with van der Waals surface area (Å²) < 4.78 is 56.5. The van der Waals surface area contributed by atoms with Crippen LogP contribution in [0.2, 0.25) is 0 Å². The Kier molecular flexibility index (Phi) is 17.0. The van der Waals surface area contributed by atoms with Gasteiger partial charge in [0.25, 0.3) is 0 Å². The standard InChI is InChI=1S/C43H56F3N9O8/c1-54-37(57)24-33(38(54)30-3-2-12-47-26-30)41(59)49-14-18-62-20-22-63-21-19-61-17-11-36(56)50-25-28-4-6-29(7-5-28)40(58)48-13-16-55-15-10-35(42(55)60)53-39-32-23-31(43(44,45)46)8-9-34(32)51-27-52-39/h2-3,8-9,12,23,26-29,33,35,38H,4-7,10-11,13-22,24-25H2,1H3,(H,48,58)(H,49,59)(H,50,56)(H,51,52,53)/t28?,29?,33-,35-,38+/m0/s1. The normalized spacial score (nSPS) is 21.5. The molecule has 342 valence electrons. The zero-order valence-electron chi connectivity index (χ0n) is 35.4. The molecule has 2 saturated heterocycles. The highest BCUT2D eigenvalue weighted by Crippen LogP contribution is 2.37. The number of aromatic nitrogens is 3. The van der Waals surface area contributed by atoms with Gasteiger partial charge in [-0.15, -0.1) is 0 Å². The molecule has 3 atom stereocenters. The van der Waals surface area contributed by atoms with Gasteiger partial charge in [-0.25, -0.2) is 9.97 Å². The van der Waals surface area contributed by atoms with Gasteiger partial charge in [-0.2, -0.15) is 13.2 Å². The van der Waals surface area contributed by atoms with E-state index >= 15 is 0 Å². The SMILES string of the molecule is CN1C(=O)C[C@H](C(=O)NCCOCCOCCOCCC(=O)NCC2CCC(C(=O)NCCN3CC[C@H](Nc4ncnc5ccc(C(F)(F)F)cc45)C3=O)CC2)[C@H]1c1cccnc1. The molecule has 6 rings (SSSR count). The van der Waals surface area contributed by atoms with Gasteiger partial charge in [0.15, 0.2) is 0 Å². The number of halogens is 3. The smallest absolute Gasteiger partial charge is 0.379 e. The Morgan fingerprint density at radius 2 is 1.59 bits per heavy atom. The van der Waals surface area contributed by atoms with Crippen molar-refractivity contribution < 1.29 is 51.4 Å². The summed E-state index contributed by atoms with van der Waals surface area (Å²) in [7, 11) is 1.70. The fraction of sp³-hybridized carbons (Fsp3) is 0.581. The molecule has 0 bridgehead atoms. The number of ether oxygens (including phenoxy) is 3. The third-order valence-electron chi connectivity index (χ3n) is 11.8. The van der Waals surface area contributed by atoms with E-state index in [4.69, 9.17) is 14.2 Å². The van der Waals surface area contributed by atoms with Crippen LogP contribution in [0, 0.1) is 17.8 Å². The first-order chi connectivity index (χ1) is 30.4. The molecular formula is C43H56F3N9O8. The first-order valence-corrected chi connectivity index (χ1v) is 21.5. The number of rotatable bonds is 22. The second-order valence-electron chi connectivity index (χ2n) is 16.0. The molecule has 4 N–H and O–H groups in total. The number of hydrogen-bond acceptors (Lipinski definition) is 12. The highest BCUT2D eigenvalue weighted by molar-refractivity contribution is 5.93. The maximum Gasteiger partial charge on any atom is 0.416 e. The summed E-state index contributed by atoms with van der Waals surface area (Å²) in [6.45, 7) is 3.77. The lowest BCUT2D eigenvalue weighted by molar-refractivity contribution is -0.137. The van der Waals surface area contributed by atoms with Crippen molar-refractivity contribution in [3.05, 3.63) is 60.2 Å². The Morgan fingerprint density at radius 1 is 0.857 bits per heavy atom. The number of alkyl halides is 3. The van der Waals surface area contributed by atoms with Crippen LogP contribution < -0.4 is 21.3 Å². The second kappa shape index (κ2) is 22.8. The van der Waals surface area contributed by atoms with E-state index in [0.717, 1.165) is 30.5 Å². The van der Waals surface area contributed by atoms with Gasteiger partial charge in [-0.1, -0.05) is 6.07 Å². The summed E-state index contributed by atoms with van der Waals surface area (Å²) in [5.41, 5.74) is 0.320. The van der Waals surface area contributed by atoms with Gasteiger partial charge in [0.2, 0.25) is 29.5 Å². The van der Waals surface area contributed by atoms with E-state index in [1.807, 2.05) is 6.07 Å². The van der Waals surface area contributed by atoms with Gasteiger partial charge in [0, 0.05) is 76.3 Å². The Hall–Kier alpha value is -5.47. The number of benzene rings is 1. The third kappa shape index (κ3) is 13.3. The summed E-state index contributed by atoms with van der Waals surface area (Å²) in [4.78, 5) is 79.0. The average molecular weight is 884 g/mol. The highest BCUT2D eigenvalue weighted by atomic mass is 19.4. The number of amides is 5. The monoisotopic (exact) mass is 883 g/mol. The van der Waals surface area contributed by atoms with Crippen molar-refractivity contribution in [1.82, 2.24) is 40.7 Å². The van der Waals surface area contributed by atoms with Crippen LogP contribution in [0.1, 0.15) is 62.1 Å². The van der Waals surface area contributed by atoms with Crippen molar-refractivity contribution in [1.29, 1.82) is 0 Å². The van der Waals surface area contributed by atoms with Gasteiger partial charge in [0.05, 0.1) is 62.7 Å². The molecule has 17 nitrogen and oxygen atoms in total. The minimum Gasteiger partial charge on any atom is -0.379 e. The predicted octanol–water partition coefficient (Wildman–Crippen LogP) is 2.87. The maximum atomic E-state index is 13.3. The third-order valence-corrected chi connectivity index (χ3v) is 11.8. The van der Waals surface area contributed by atoms with E-state index < -0.39 is 23.7 Å². The molecule has 3 aromatic rings. The molecule has 2 aliphatic heterocycles. The largest absolute Gasteiger partial charge is 0.416 e. The number of hydrogen-bond donors (Lipinski definition) is 4. The lowest BCUT2D eigenvalue weighted by Gasteiger charge is -2.28. The molecule has 20 heteroatoms. The van der Waals surface area contributed by atoms with Crippen LogP contribution >= 0.6 is 0 Å². The van der Waals surface area contributed by atoms with Gasteiger partial charge < -0.3 is 45.3 Å². The molecule has 63 heavy (non-hydrogen) atoms. The first kappa shape index (κ1) is 47.0. The van der Waals surface area contributed by atoms with E-state index in [-0.39, 0.29) is 84.6 Å². The highest BCUT2D eigenvalue weighted by Gasteiger charge is 2.42. The maximum absolute atomic E-state index is 13.3. The molecule has 1 aromatic carbocycles. The summed E-state index contributed by atoms with van der Waals surface area (Å²) in [6.07, 6.45) is 3.84. The fourth-order valence-corrected chi connectivity index (χ4v) is 8.24. The molecular weight excluding hydrogens is 828 g/mol. The van der Waals surface area contributed by atoms with Crippen LogP contribution in [0.25, 0.3) is 10.9 Å². The van der Waals surface area contributed by atoms with Gasteiger partial charge >= 0.3 is 6.18 Å². The van der Waals surface area contributed by atoms with Crippen molar-refractivity contribution in [2.24, 2.45) is 17.8 Å². The van der Waals surface area contributed by atoms with E-state index in [0.29, 0.717) is 84.0 Å². The Bertz CT molecular complexity index is 2020. The Labute approximate surface area is 363 Å². The zero-order valence-corrected chi connectivity index (χ0v) is 35.4. The predicted molar refractivity (Wildman–Crippen MR) is 223 cm³/mol. The average Bonchev–Trinajstić information content (AvgIpc) is 3.78. The molecule has 0 radical (unpaired) electrons. The first-order valence-electron chi connectivity index (χ1n) is 21.5. The summed E-state index contributed by atoms with van der Waals surface area (Å²) >= 11 is 0. The van der Waals surface area contributed by atoms with E-state index in [9.17, 15) is 37.1 Å². The van der Waals surface area contributed by atoms with Crippen LogP contribution in [0.4, 0.5) is 19.0 Å². The lowest BCUT2D eigenvalue weighted by atomic mass is 9.81. The minimum absolute atomic E-state index is 0.0647. The molecule has 0 spiro atoms. The number of anilines is 1. The topological polar surface area (TPSA) is 206 Å². The van der Waals surface area contributed by atoms with Crippen molar-refractivity contribution in [3.63, 3.8) is 0 Å². The Balaban J connectivity index is 0.743. The van der Waals surface area contributed by atoms with Gasteiger partial charge in [-0.05, 0) is 67.9 Å². The van der Waals surface area contributed by atoms with Crippen molar-refractivity contribution in [2.75, 3.05) is 84.7 Å². The minimum atomic E-state index is -4.53. The lowest BCUT2D eigenvalue weighted by Crippen LogP contribution is -2.41. The summed E-state index contributed by atoms with van der Waals surface area (Å²) in [6, 6.07) is 5.84. The van der Waals surface area contributed by atoms with Crippen molar-refractivity contribution >= 4 is 46.3 Å². The number of carbonyl (C=O) groups is 5. The number of fused-ring (bicyclic) bond motifs is 1. The van der Waals surface area contributed by atoms with Crippen LogP contribution in [-0.2, 0) is 44.4 Å². The molecule has 3 fully saturated rings. The molecule has 1 saturated carbocycles. The number of nitrogens with one attached hydrogen (secondary N) is 4. The zero-order chi connectivity index (χ0) is 44.8. The number of likely N-dealkylation sites (tertiary alicyclic amines) is 2. The fourth-order valence-electron chi connectivity index (χ4n) is 8.24. The molecule has 5 amide bonds. The summed E-state index contributed by atoms with van der Waals surface area (Å²) in [5, 5.41) is 11.9. The van der Waals surface area contributed by atoms with Crippen LogP contribution in [0.15, 0.2) is 49.1 Å². The van der Waals surface area contributed by atoms with Gasteiger partial charge in [0.1, 0.15) is 18.2 Å². The van der Waals surface area contributed by atoms with E-state index in [2.05, 4.69) is 36.2 Å². The van der Waals surface area contributed by atoms with Gasteiger partial charge in [-0.3, -0.25) is 29.0 Å². The summed E-state index contributed by atoms with van der Waals surface area (Å²) in [5.74, 6) is -0.885. The number of pyridine rings is 1. The van der Waals surface area contributed by atoms with E-state index in [1.165, 1.54) is 12.4 Å². The molecule has 0 unspecified atom stereocenters. The molecule has 3 aliphatic rings. The van der Waals surface area contributed by atoms with E-state index in [1.54, 1.807) is 35.3 Å². The number of nitrogens with zero attached hydrogens (tertiary/aromatic N) is 5. The molecule has 2 aromatic heterocycles. The van der Waals surface area contributed by atoms with Crippen LogP contribution in [0.5, 0.6) is 0 Å².